The molecule has 0 atom stereocenters. The largest absolute Gasteiger partial charge is 0.496 e. The summed E-state index contributed by atoms with van der Waals surface area (Å²) in [6.45, 7) is 0.749. The highest BCUT2D eigenvalue weighted by atomic mass is 35.5. The van der Waals surface area contributed by atoms with E-state index in [1.165, 1.54) is 0 Å². The van der Waals surface area contributed by atoms with Crippen LogP contribution in [0.25, 0.3) is 0 Å². The van der Waals surface area contributed by atoms with Crippen molar-refractivity contribution in [2.45, 2.75) is 6.42 Å². The molecule has 0 bridgehead atoms. The molecule has 0 saturated carbocycles. The van der Waals surface area contributed by atoms with Gasteiger partial charge >= 0.3 is 0 Å². The number of hydrogen-bond donors (Lipinski definition) is 2. The molecule has 0 heterocycles. The van der Waals surface area contributed by atoms with Crippen molar-refractivity contribution in [3.63, 3.8) is 0 Å². The molecule has 2 aromatic rings. The van der Waals surface area contributed by atoms with Gasteiger partial charge in [-0.1, -0.05) is 41.9 Å². The number of halogens is 1. The number of ether oxygens (including phenoxy) is 1. The van der Waals surface area contributed by atoms with Gasteiger partial charge in [0.05, 0.1) is 24.4 Å². The summed E-state index contributed by atoms with van der Waals surface area (Å²) in [5.74, 6) is 0.765. The number of nitrogens with one attached hydrogen (secondary N) is 2. The van der Waals surface area contributed by atoms with Crippen molar-refractivity contribution in [1.29, 1.82) is 0 Å². The van der Waals surface area contributed by atoms with Crippen LogP contribution >= 0.6 is 11.6 Å². The van der Waals surface area contributed by atoms with Crippen molar-refractivity contribution < 1.29 is 9.53 Å². The first-order valence-electron chi connectivity index (χ1n) is 7.07. The van der Waals surface area contributed by atoms with Crippen LogP contribution in [0.3, 0.4) is 0 Å². The maximum absolute atomic E-state index is 11.8. The second-order valence-corrected chi connectivity index (χ2v) is 5.15. The van der Waals surface area contributed by atoms with E-state index in [0.717, 1.165) is 23.4 Å². The zero-order valence-electron chi connectivity index (χ0n) is 12.4. The van der Waals surface area contributed by atoms with Gasteiger partial charge in [-0.05, 0) is 30.2 Å². The second-order valence-electron chi connectivity index (χ2n) is 4.75. The van der Waals surface area contributed by atoms with Gasteiger partial charge in [0.1, 0.15) is 5.75 Å². The van der Waals surface area contributed by atoms with E-state index in [1.807, 2.05) is 42.5 Å². The molecule has 116 valence electrons. The lowest BCUT2D eigenvalue weighted by Gasteiger charge is -2.10. The smallest absolute Gasteiger partial charge is 0.239 e. The molecule has 2 rings (SSSR count). The minimum Gasteiger partial charge on any atom is -0.496 e. The van der Waals surface area contributed by atoms with Gasteiger partial charge in [0.15, 0.2) is 0 Å². The van der Waals surface area contributed by atoms with Crippen molar-refractivity contribution in [2.75, 3.05) is 25.5 Å². The van der Waals surface area contributed by atoms with E-state index < -0.39 is 0 Å². The van der Waals surface area contributed by atoms with E-state index in [4.69, 9.17) is 16.3 Å². The molecule has 0 aromatic heterocycles. The Morgan fingerprint density at radius 2 is 1.86 bits per heavy atom. The Labute approximate surface area is 135 Å². The monoisotopic (exact) mass is 318 g/mol. The number of anilines is 1. The van der Waals surface area contributed by atoms with Crippen LogP contribution in [-0.4, -0.2) is 26.1 Å². The summed E-state index contributed by atoms with van der Waals surface area (Å²) < 4.78 is 5.28. The minimum absolute atomic E-state index is 0.0742. The second kappa shape index (κ2) is 8.29. The van der Waals surface area contributed by atoms with Crippen LogP contribution in [0, 0.1) is 0 Å². The van der Waals surface area contributed by atoms with Crippen LogP contribution in [0.15, 0.2) is 48.5 Å². The number of rotatable bonds is 7. The van der Waals surface area contributed by atoms with Crippen LogP contribution in [0.5, 0.6) is 5.75 Å². The van der Waals surface area contributed by atoms with Crippen molar-refractivity contribution in [3.05, 3.63) is 59.1 Å². The van der Waals surface area contributed by atoms with E-state index in [0.29, 0.717) is 11.6 Å². The maximum atomic E-state index is 11.8. The van der Waals surface area contributed by atoms with E-state index in [9.17, 15) is 4.79 Å². The fraction of sp³-hybridized carbons (Fsp3) is 0.235. The molecule has 0 spiro atoms. The molecule has 0 unspecified atom stereocenters. The molecule has 22 heavy (non-hydrogen) atoms. The Balaban J connectivity index is 1.75. The number of para-hydroxylation sites is 2. The lowest BCUT2D eigenvalue weighted by Crippen LogP contribution is -2.31. The number of carbonyl (C=O) groups excluding carboxylic acids is 1. The molecule has 2 N–H and O–H groups in total. The van der Waals surface area contributed by atoms with Gasteiger partial charge in [0.2, 0.25) is 5.91 Å². The summed E-state index contributed by atoms with van der Waals surface area (Å²) in [7, 11) is 1.64. The zero-order valence-corrected chi connectivity index (χ0v) is 13.2. The zero-order chi connectivity index (χ0) is 15.8. The Hall–Kier alpha value is -2.20. The molecule has 0 aliphatic rings. The van der Waals surface area contributed by atoms with Gasteiger partial charge in [-0.2, -0.15) is 0 Å². The number of amides is 1. The quantitative estimate of drug-likeness (QED) is 0.824. The molecule has 0 aliphatic heterocycles. The lowest BCUT2D eigenvalue weighted by atomic mass is 10.1. The van der Waals surface area contributed by atoms with Crippen molar-refractivity contribution in [1.82, 2.24) is 5.32 Å². The van der Waals surface area contributed by atoms with E-state index in [-0.39, 0.29) is 12.5 Å². The van der Waals surface area contributed by atoms with Crippen LogP contribution in [0.4, 0.5) is 5.69 Å². The van der Waals surface area contributed by atoms with Gasteiger partial charge < -0.3 is 15.4 Å². The maximum Gasteiger partial charge on any atom is 0.239 e. The first-order valence-corrected chi connectivity index (χ1v) is 7.45. The van der Waals surface area contributed by atoms with E-state index in [1.54, 1.807) is 13.2 Å². The Kier molecular flexibility index (Phi) is 6.10. The predicted octanol–water partition coefficient (Wildman–Crippen LogP) is 3.12. The normalized spacial score (nSPS) is 10.1. The number of hydrogen-bond acceptors (Lipinski definition) is 3. The third-order valence-corrected chi connectivity index (χ3v) is 3.55. The van der Waals surface area contributed by atoms with Gasteiger partial charge in [-0.3, -0.25) is 4.79 Å². The summed E-state index contributed by atoms with van der Waals surface area (Å²) in [6, 6.07) is 15.1. The van der Waals surface area contributed by atoms with Crippen LogP contribution in [-0.2, 0) is 11.2 Å². The fourth-order valence-corrected chi connectivity index (χ4v) is 2.29. The van der Waals surface area contributed by atoms with Crippen molar-refractivity contribution in [3.8, 4) is 5.75 Å². The highest BCUT2D eigenvalue weighted by Gasteiger charge is 2.05. The highest BCUT2D eigenvalue weighted by Crippen LogP contribution is 2.20. The molecule has 4 nitrogen and oxygen atoms in total. The Morgan fingerprint density at radius 1 is 1.14 bits per heavy atom. The van der Waals surface area contributed by atoms with Crippen LogP contribution in [0.1, 0.15) is 5.56 Å². The minimum atomic E-state index is -0.0742. The predicted molar refractivity (Wildman–Crippen MR) is 89.6 cm³/mol. The third-order valence-electron chi connectivity index (χ3n) is 3.22. The molecule has 0 aliphatic carbocycles. The van der Waals surface area contributed by atoms with Gasteiger partial charge in [-0.25, -0.2) is 0 Å². The fourth-order valence-electron chi connectivity index (χ4n) is 2.09. The number of methoxy groups -OCH3 is 1. The van der Waals surface area contributed by atoms with Crippen LogP contribution in [0.2, 0.25) is 5.02 Å². The lowest BCUT2D eigenvalue weighted by molar-refractivity contribution is -0.119. The van der Waals surface area contributed by atoms with Crippen molar-refractivity contribution >= 4 is 23.2 Å². The van der Waals surface area contributed by atoms with E-state index in [2.05, 4.69) is 10.6 Å². The summed E-state index contributed by atoms with van der Waals surface area (Å²) in [5.41, 5.74) is 1.83. The molecular formula is C17H19ClN2O2. The molecule has 0 fully saturated rings. The highest BCUT2D eigenvalue weighted by molar-refractivity contribution is 6.33. The van der Waals surface area contributed by atoms with Gasteiger partial charge in [0.25, 0.3) is 0 Å². The summed E-state index contributed by atoms with van der Waals surface area (Å²) in [6.07, 6.45) is 0.724. The first kappa shape index (κ1) is 16.2. The SMILES string of the molecule is COc1ccccc1CCNC(=O)CNc1ccccc1Cl. The van der Waals surface area contributed by atoms with Gasteiger partial charge in [0, 0.05) is 6.54 Å². The van der Waals surface area contributed by atoms with Crippen LogP contribution < -0.4 is 15.4 Å². The standard InChI is InChI=1S/C17H19ClN2O2/c1-22-16-9-5-2-6-13(16)10-11-19-17(21)12-20-15-8-4-3-7-14(15)18/h2-9,20H,10-12H2,1H3,(H,19,21). The molecule has 0 radical (unpaired) electrons. The summed E-state index contributed by atoms with van der Waals surface area (Å²) in [5, 5.41) is 6.49. The first-order chi connectivity index (χ1) is 10.7. The number of carbonyl (C=O) groups is 1. The Morgan fingerprint density at radius 3 is 2.64 bits per heavy atom. The molecule has 2 aromatic carbocycles. The average Bonchev–Trinajstić information content (AvgIpc) is 2.54. The molecule has 0 saturated heterocycles. The van der Waals surface area contributed by atoms with Gasteiger partial charge in [-0.15, -0.1) is 0 Å². The topological polar surface area (TPSA) is 50.4 Å². The summed E-state index contributed by atoms with van der Waals surface area (Å²) in [4.78, 5) is 11.8. The summed E-state index contributed by atoms with van der Waals surface area (Å²) >= 11 is 6.02. The Bertz CT molecular complexity index is 632. The van der Waals surface area contributed by atoms with Crippen molar-refractivity contribution in [2.24, 2.45) is 0 Å². The molecular weight excluding hydrogens is 300 g/mol. The molecule has 1 amide bonds. The van der Waals surface area contributed by atoms with E-state index >= 15 is 0 Å². The third kappa shape index (κ3) is 4.67. The average molecular weight is 319 g/mol. The molecule has 5 heteroatoms. The number of benzene rings is 2.